The van der Waals surface area contributed by atoms with Crippen molar-refractivity contribution in [1.29, 1.82) is 0 Å². The molecule has 1 aromatic heterocycles. The van der Waals surface area contributed by atoms with Gasteiger partial charge in [-0.3, -0.25) is 0 Å². The van der Waals surface area contributed by atoms with Crippen molar-refractivity contribution in [2.45, 2.75) is 11.8 Å². The zero-order valence-electron chi connectivity index (χ0n) is 10.4. The first-order valence-electron chi connectivity index (χ1n) is 5.38. The van der Waals surface area contributed by atoms with Gasteiger partial charge in [-0.2, -0.15) is 9.36 Å². The molecule has 0 aliphatic carbocycles. The predicted octanol–water partition coefficient (Wildman–Crippen LogP) is 0.187. The molecule has 0 amide bonds. The van der Waals surface area contributed by atoms with Crippen molar-refractivity contribution in [3.8, 4) is 0 Å². The average Bonchev–Trinajstić information content (AvgIpc) is 2.68. The Morgan fingerprint density at radius 3 is 2.32 bits per heavy atom. The summed E-state index contributed by atoms with van der Waals surface area (Å²) in [5, 5.41) is 7.89. The van der Waals surface area contributed by atoms with Gasteiger partial charge in [0.15, 0.2) is 0 Å². The Labute approximate surface area is 109 Å². The van der Waals surface area contributed by atoms with Gasteiger partial charge in [0.05, 0.1) is 10.3 Å². The maximum Gasteiger partial charge on any atom is 0.367 e. The Hall–Kier alpha value is -2.22. The van der Waals surface area contributed by atoms with Gasteiger partial charge in [0.25, 0.3) is 0 Å². The number of nitrogens with zero attached hydrogens (tertiary/aromatic N) is 4. The average molecular weight is 280 g/mol. The van der Waals surface area contributed by atoms with Gasteiger partial charge in [-0.05, 0) is 29.5 Å². The largest absolute Gasteiger partial charge is 0.367 e. The summed E-state index contributed by atoms with van der Waals surface area (Å²) in [6, 6.07) is 6.42. The summed E-state index contributed by atoms with van der Waals surface area (Å²) in [4.78, 5) is 11.6. The minimum atomic E-state index is -3.60. The lowest BCUT2D eigenvalue weighted by atomic mass is 10.2. The fourth-order valence-electron chi connectivity index (χ4n) is 1.37. The normalized spacial score (nSPS) is 12.1. The van der Waals surface area contributed by atoms with Crippen molar-refractivity contribution in [3.63, 3.8) is 0 Å². The molecule has 0 unspecified atom stereocenters. The number of benzene rings is 1. The number of sulfone groups is 1. The molecule has 0 aliphatic heterocycles. The Kier molecular flexibility index (Phi) is 3.34. The second-order valence-electron chi connectivity index (χ2n) is 3.97. The molecule has 2 rings (SSSR count). The number of aryl methyl sites for hydroxylation is 2. The van der Waals surface area contributed by atoms with E-state index in [-0.39, 0.29) is 4.90 Å². The topological polar surface area (TPSA) is 86.8 Å². The van der Waals surface area contributed by atoms with Crippen LogP contribution in [0, 0.1) is 6.92 Å². The van der Waals surface area contributed by atoms with Gasteiger partial charge >= 0.3 is 5.69 Å². The fraction of sp³-hybridized carbons (Fsp3) is 0.182. The van der Waals surface area contributed by atoms with Gasteiger partial charge in [0, 0.05) is 13.2 Å². The van der Waals surface area contributed by atoms with Crippen LogP contribution in [0.25, 0.3) is 6.20 Å². The third-order valence-corrected chi connectivity index (χ3v) is 3.88. The lowest BCUT2D eigenvalue weighted by molar-refractivity contribution is 0.604. The van der Waals surface area contributed by atoms with Crippen molar-refractivity contribution >= 4 is 16.0 Å². The van der Waals surface area contributed by atoms with Crippen LogP contribution in [0.3, 0.4) is 0 Å². The minimum absolute atomic E-state index is 0.159. The van der Waals surface area contributed by atoms with Gasteiger partial charge in [-0.15, -0.1) is 0 Å². The summed E-state index contributed by atoms with van der Waals surface area (Å²) in [6.07, 6.45) is 1.07. The lowest BCUT2D eigenvalue weighted by Crippen LogP contribution is -2.19. The van der Waals surface area contributed by atoms with Crippen molar-refractivity contribution in [2.24, 2.45) is 7.05 Å². The molecular weight excluding hydrogens is 268 g/mol. The second kappa shape index (κ2) is 4.81. The molecule has 0 fully saturated rings. The molecule has 1 heterocycles. The standard InChI is InChI=1S/C11H12N4O3S/c1-9-3-5-10(6-4-9)19(17,18)8-7-15-11(16)14(2)12-13-15/h3-8H,1-2H3/b8-7+. The molecule has 0 radical (unpaired) electrons. The highest BCUT2D eigenvalue weighted by Crippen LogP contribution is 2.13. The van der Waals surface area contributed by atoms with Crippen molar-refractivity contribution in [1.82, 2.24) is 19.8 Å². The summed E-state index contributed by atoms with van der Waals surface area (Å²) in [5.74, 6) is 0. The van der Waals surface area contributed by atoms with Gasteiger partial charge in [0.2, 0.25) is 9.84 Å². The van der Waals surface area contributed by atoms with E-state index in [2.05, 4.69) is 10.4 Å². The third kappa shape index (κ3) is 2.79. The summed E-state index contributed by atoms with van der Waals surface area (Å²) in [5.41, 5.74) is 0.448. The fourth-order valence-corrected chi connectivity index (χ4v) is 2.31. The molecule has 2 aromatic rings. The maximum atomic E-state index is 12.0. The monoisotopic (exact) mass is 280 g/mol. The van der Waals surface area contributed by atoms with Crippen LogP contribution in [0.2, 0.25) is 0 Å². The molecule has 100 valence electrons. The quantitative estimate of drug-likeness (QED) is 0.801. The van der Waals surface area contributed by atoms with Crippen LogP contribution in [0.15, 0.2) is 39.4 Å². The first-order chi connectivity index (χ1) is 8.90. The number of aromatic nitrogens is 4. The van der Waals surface area contributed by atoms with Crippen LogP contribution in [0.1, 0.15) is 5.56 Å². The molecule has 19 heavy (non-hydrogen) atoms. The van der Waals surface area contributed by atoms with Gasteiger partial charge in [-0.1, -0.05) is 17.7 Å². The minimum Gasteiger partial charge on any atom is -0.244 e. The Balaban J connectivity index is 2.34. The van der Waals surface area contributed by atoms with Crippen LogP contribution in [0.5, 0.6) is 0 Å². The maximum absolute atomic E-state index is 12.0. The van der Waals surface area contributed by atoms with Crippen molar-refractivity contribution in [2.75, 3.05) is 0 Å². The summed E-state index contributed by atoms with van der Waals surface area (Å²) >= 11 is 0. The van der Waals surface area contributed by atoms with Crippen LogP contribution in [-0.2, 0) is 16.9 Å². The Bertz CT molecular complexity index is 769. The van der Waals surface area contributed by atoms with E-state index in [1.807, 2.05) is 6.92 Å². The predicted molar refractivity (Wildman–Crippen MR) is 69.0 cm³/mol. The van der Waals surface area contributed by atoms with E-state index in [1.54, 1.807) is 12.1 Å². The smallest absolute Gasteiger partial charge is 0.244 e. The second-order valence-corrected chi connectivity index (χ2v) is 5.81. The van der Waals surface area contributed by atoms with Crippen molar-refractivity contribution < 1.29 is 8.42 Å². The van der Waals surface area contributed by atoms with Gasteiger partial charge < -0.3 is 0 Å². The highest BCUT2D eigenvalue weighted by atomic mass is 32.2. The van der Waals surface area contributed by atoms with E-state index in [1.165, 1.54) is 19.2 Å². The molecule has 0 bridgehead atoms. The molecule has 0 atom stereocenters. The van der Waals surface area contributed by atoms with E-state index >= 15 is 0 Å². The molecule has 0 N–H and O–H groups in total. The molecule has 0 spiro atoms. The van der Waals surface area contributed by atoms with E-state index in [0.29, 0.717) is 0 Å². The van der Waals surface area contributed by atoms with Gasteiger partial charge in [0.1, 0.15) is 0 Å². The van der Waals surface area contributed by atoms with E-state index in [4.69, 9.17) is 0 Å². The third-order valence-electron chi connectivity index (χ3n) is 2.47. The van der Waals surface area contributed by atoms with Gasteiger partial charge in [-0.25, -0.2) is 13.2 Å². The SMILES string of the molecule is Cc1ccc(S(=O)(=O)/C=C/n2nnn(C)c2=O)cc1. The Morgan fingerprint density at radius 1 is 1.16 bits per heavy atom. The summed E-state index contributed by atoms with van der Waals surface area (Å²) in [6.45, 7) is 1.87. The highest BCUT2D eigenvalue weighted by molar-refractivity contribution is 7.94. The van der Waals surface area contributed by atoms with Crippen LogP contribution in [-0.4, -0.2) is 28.2 Å². The zero-order valence-corrected chi connectivity index (χ0v) is 11.2. The van der Waals surface area contributed by atoms with Crippen molar-refractivity contribution in [3.05, 3.63) is 45.7 Å². The Morgan fingerprint density at radius 2 is 1.79 bits per heavy atom. The molecule has 0 aliphatic rings. The van der Waals surface area contributed by atoms with E-state index in [9.17, 15) is 13.2 Å². The summed E-state index contributed by atoms with van der Waals surface area (Å²) < 4.78 is 25.8. The molecular formula is C11H12N4O3S. The molecule has 8 heteroatoms. The van der Waals surface area contributed by atoms with Crippen LogP contribution >= 0.6 is 0 Å². The molecule has 0 saturated carbocycles. The summed E-state index contributed by atoms with van der Waals surface area (Å²) in [7, 11) is -2.18. The first kappa shape index (κ1) is 13.2. The number of tetrazole rings is 1. The molecule has 7 nitrogen and oxygen atoms in total. The van der Waals surface area contributed by atoms with Crippen LogP contribution < -0.4 is 5.69 Å². The van der Waals surface area contributed by atoms with E-state index in [0.717, 1.165) is 26.5 Å². The highest BCUT2D eigenvalue weighted by Gasteiger charge is 2.10. The lowest BCUT2D eigenvalue weighted by Gasteiger charge is -1.99. The molecule has 1 aromatic carbocycles. The number of hydrogen-bond acceptors (Lipinski definition) is 5. The van der Waals surface area contributed by atoms with Crippen LogP contribution in [0.4, 0.5) is 0 Å². The first-order valence-corrected chi connectivity index (χ1v) is 6.93. The zero-order chi connectivity index (χ0) is 14.0. The molecule has 0 saturated heterocycles. The number of hydrogen-bond donors (Lipinski definition) is 0. The number of rotatable bonds is 3. The van der Waals surface area contributed by atoms with E-state index < -0.39 is 15.5 Å².